The van der Waals surface area contributed by atoms with Gasteiger partial charge in [-0.3, -0.25) is 4.79 Å². The topological polar surface area (TPSA) is 45.8 Å². The summed E-state index contributed by atoms with van der Waals surface area (Å²) in [5.74, 6) is 0. The predicted molar refractivity (Wildman–Crippen MR) is 79.7 cm³/mol. The van der Waals surface area contributed by atoms with Gasteiger partial charge in [0.25, 0.3) is 0 Å². The number of benzene rings is 2. The maximum Gasteiger partial charge on any atom is 0.171 e. The van der Waals surface area contributed by atoms with Gasteiger partial charge < -0.3 is 4.98 Å². The van der Waals surface area contributed by atoms with Crippen molar-refractivity contribution >= 4 is 45.0 Å². The molecule has 0 bridgehead atoms. The molecule has 3 aromatic rings. The zero-order valence-corrected chi connectivity index (χ0v) is 12.2. The smallest absolute Gasteiger partial charge is 0.171 e. The van der Waals surface area contributed by atoms with Gasteiger partial charge in [0.1, 0.15) is 6.29 Å². The largest absolute Gasteiger partial charge is 0.333 e. The van der Waals surface area contributed by atoms with Crippen molar-refractivity contribution in [3.05, 3.63) is 52.5 Å². The molecule has 0 aliphatic carbocycles. The van der Waals surface area contributed by atoms with Crippen molar-refractivity contribution in [2.24, 2.45) is 0 Å². The summed E-state index contributed by atoms with van der Waals surface area (Å²) < 4.78 is 0.891. The van der Waals surface area contributed by atoms with Gasteiger partial charge in [0.05, 0.1) is 11.0 Å². The highest BCUT2D eigenvalue weighted by Crippen LogP contribution is 2.33. The summed E-state index contributed by atoms with van der Waals surface area (Å²) in [6.07, 6.45) is 0.834. The third-order valence-electron chi connectivity index (χ3n) is 2.67. The van der Waals surface area contributed by atoms with E-state index < -0.39 is 0 Å². The van der Waals surface area contributed by atoms with Gasteiger partial charge in [0.15, 0.2) is 5.16 Å². The fraction of sp³-hybridized carbons (Fsp3) is 0. The number of carbonyl (C=O) groups excluding carboxylic acids is 1. The lowest BCUT2D eigenvalue weighted by Crippen LogP contribution is -1.82. The normalized spacial score (nSPS) is 10.8. The van der Waals surface area contributed by atoms with E-state index in [0.717, 1.165) is 31.8 Å². The number of carbonyl (C=O) groups is 1. The molecule has 0 amide bonds. The molecule has 0 aliphatic heterocycles. The van der Waals surface area contributed by atoms with E-state index in [0.29, 0.717) is 5.56 Å². The lowest BCUT2D eigenvalue weighted by atomic mass is 10.2. The summed E-state index contributed by atoms with van der Waals surface area (Å²) >= 11 is 5.00. The number of aromatic nitrogens is 2. The van der Waals surface area contributed by atoms with Gasteiger partial charge in [-0.2, -0.15) is 0 Å². The average Bonchev–Trinajstić information content (AvgIpc) is 2.83. The van der Waals surface area contributed by atoms with Crippen LogP contribution in [-0.4, -0.2) is 16.3 Å². The van der Waals surface area contributed by atoms with E-state index in [1.807, 2.05) is 30.3 Å². The molecule has 0 saturated carbocycles. The molecular formula is C14H9BrN2OS. The van der Waals surface area contributed by atoms with Crippen molar-refractivity contribution in [2.45, 2.75) is 10.1 Å². The van der Waals surface area contributed by atoms with Crippen LogP contribution in [0.2, 0.25) is 0 Å². The molecular weight excluding hydrogens is 324 g/mol. The predicted octanol–water partition coefficient (Wildman–Crippen LogP) is 4.29. The van der Waals surface area contributed by atoms with Gasteiger partial charge in [0, 0.05) is 14.9 Å². The van der Waals surface area contributed by atoms with Crippen molar-refractivity contribution in [1.82, 2.24) is 9.97 Å². The summed E-state index contributed by atoms with van der Waals surface area (Å²) in [5.41, 5.74) is 2.62. The summed E-state index contributed by atoms with van der Waals surface area (Å²) in [6, 6.07) is 13.4. The van der Waals surface area contributed by atoms with Crippen molar-refractivity contribution in [2.75, 3.05) is 0 Å². The molecule has 0 atom stereocenters. The highest BCUT2D eigenvalue weighted by Gasteiger charge is 2.07. The monoisotopic (exact) mass is 332 g/mol. The van der Waals surface area contributed by atoms with E-state index >= 15 is 0 Å². The maximum absolute atomic E-state index is 10.7. The molecule has 2 aromatic carbocycles. The number of nitrogens with zero attached hydrogens (tertiary/aromatic N) is 1. The molecule has 19 heavy (non-hydrogen) atoms. The minimum absolute atomic E-state index is 0.654. The third-order valence-corrected chi connectivity index (χ3v) is 4.55. The lowest BCUT2D eigenvalue weighted by molar-refractivity contribution is 0.112. The fourth-order valence-electron chi connectivity index (χ4n) is 1.76. The van der Waals surface area contributed by atoms with Crippen molar-refractivity contribution in [1.29, 1.82) is 0 Å². The van der Waals surface area contributed by atoms with E-state index in [9.17, 15) is 4.79 Å². The van der Waals surface area contributed by atoms with Crippen LogP contribution in [0, 0.1) is 0 Å². The van der Waals surface area contributed by atoms with E-state index in [1.165, 1.54) is 11.8 Å². The molecule has 0 spiro atoms. The first-order valence-electron chi connectivity index (χ1n) is 5.63. The first-order chi connectivity index (χ1) is 9.26. The molecule has 0 saturated heterocycles. The van der Waals surface area contributed by atoms with Crippen molar-refractivity contribution in [3.63, 3.8) is 0 Å². The minimum Gasteiger partial charge on any atom is -0.333 e. The molecule has 1 heterocycles. The highest BCUT2D eigenvalue weighted by atomic mass is 79.9. The summed E-state index contributed by atoms with van der Waals surface area (Å²) in [4.78, 5) is 19.5. The Bertz CT molecular complexity index is 721. The number of hydrogen-bond donors (Lipinski definition) is 1. The van der Waals surface area contributed by atoms with Crippen LogP contribution < -0.4 is 0 Å². The molecule has 3 nitrogen and oxygen atoms in total. The van der Waals surface area contributed by atoms with Crippen LogP contribution in [0.15, 0.2) is 57.0 Å². The Morgan fingerprint density at radius 2 is 2.05 bits per heavy atom. The number of aromatic amines is 1. The van der Waals surface area contributed by atoms with Crippen LogP contribution >= 0.6 is 27.7 Å². The quantitative estimate of drug-likeness (QED) is 0.728. The van der Waals surface area contributed by atoms with E-state index in [-0.39, 0.29) is 0 Å². The van der Waals surface area contributed by atoms with E-state index in [2.05, 4.69) is 25.9 Å². The second kappa shape index (κ2) is 5.19. The fourth-order valence-corrected chi connectivity index (χ4v) is 3.20. The van der Waals surface area contributed by atoms with Crippen LogP contribution in [0.3, 0.4) is 0 Å². The Morgan fingerprint density at radius 1 is 1.21 bits per heavy atom. The maximum atomic E-state index is 10.7. The number of para-hydroxylation sites is 2. The molecule has 94 valence electrons. The van der Waals surface area contributed by atoms with Gasteiger partial charge in [-0.05, 0) is 40.2 Å². The molecule has 0 unspecified atom stereocenters. The van der Waals surface area contributed by atoms with Crippen LogP contribution in [0.4, 0.5) is 0 Å². The molecule has 5 heteroatoms. The van der Waals surface area contributed by atoms with Crippen LogP contribution in [0.25, 0.3) is 11.0 Å². The molecule has 3 rings (SSSR count). The second-order valence-corrected chi connectivity index (χ2v) is 5.85. The number of halogens is 1. The number of hydrogen-bond acceptors (Lipinski definition) is 3. The van der Waals surface area contributed by atoms with Gasteiger partial charge in [-0.25, -0.2) is 4.98 Å². The van der Waals surface area contributed by atoms with Gasteiger partial charge in [-0.1, -0.05) is 30.0 Å². The molecule has 1 aromatic heterocycles. The van der Waals surface area contributed by atoms with Crippen molar-refractivity contribution in [3.8, 4) is 0 Å². The Morgan fingerprint density at radius 3 is 2.79 bits per heavy atom. The Balaban J connectivity index is 1.94. The molecule has 0 aliphatic rings. The number of nitrogens with one attached hydrogen (secondary N) is 1. The average molecular weight is 333 g/mol. The van der Waals surface area contributed by atoms with E-state index in [1.54, 1.807) is 12.1 Å². The number of rotatable bonds is 3. The number of aldehydes is 1. The number of fused-ring (bicyclic) bond motifs is 1. The molecule has 0 fully saturated rings. The number of H-pyrrole nitrogens is 1. The van der Waals surface area contributed by atoms with Crippen LogP contribution in [0.5, 0.6) is 0 Å². The summed E-state index contributed by atoms with van der Waals surface area (Å²) in [5, 5.41) is 0.834. The zero-order valence-electron chi connectivity index (χ0n) is 9.76. The van der Waals surface area contributed by atoms with Gasteiger partial charge in [-0.15, -0.1) is 0 Å². The van der Waals surface area contributed by atoms with E-state index in [4.69, 9.17) is 0 Å². The lowest BCUT2D eigenvalue weighted by Gasteiger charge is -2.02. The highest BCUT2D eigenvalue weighted by molar-refractivity contribution is 9.10. The minimum atomic E-state index is 0.654. The SMILES string of the molecule is O=Cc1ccc(Sc2nc3ccccc3[nH]2)c(Br)c1. The number of imidazole rings is 1. The first-order valence-corrected chi connectivity index (χ1v) is 7.24. The Labute approximate surface area is 122 Å². The molecule has 1 N–H and O–H groups in total. The second-order valence-electron chi connectivity index (χ2n) is 3.97. The Hall–Kier alpha value is -1.59. The van der Waals surface area contributed by atoms with Gasteiger partial charge >= 0.3 is 0 Å². The van der Waals surface area contributed by atoms with Crippen molar-refractivity contribution < 1.29 is 4.79 Å². The van der Waals surface area contributed by atoms with Gasteiger partial charge in [0.2, 0.25) is 0 Å². The first kappa shape index (κ1) is 12.4. The summed E-state index contributed by atoms with van der Waals surface area (Å²) in [7, 11) is 0. The standard InChI is InChI=1S/C14H9BrN2OS/c15-10-7-9(8-18)5-6-13(10)19-14-16-11-3-1-2-4-12(11)17-14/h1-8H,(H,16,17). The zero-order chi connectivity index (χ0) is 13.2. The molecule has 0 radical (unpaired) electrons. The third kappa shape index (κ3) is 2.57. The summed E-state index contributed by atoms with van der Waals surface area (Å²) in [6.45, 7) is 0. The van der Waals surface area contributed by atoms with Crippen LogP contribution in [-0.2, 0) is 0 Å². The Kier molecular flexibility index (Phi) is 3.40. The van der Waals surface area contributed by atoms with Crippen LogP contribution in [0.1, 0.15) is 10.4 Å².